The Labute approximate surface area is 153 Å². The van der Waals surface area contributed by atoms with E-state index in [0.717, 1.165) is 16.7 Å². The lowest BCUT2D eigenvalue weighted by molar-refractivity contribution is 0.348. The summed E-state index contributed by atoms with van der Waals surface area (Å²) < 4.78 is 38.1. The summed E-state index contributed by atoms with van der Waals surface area (Å²) in [7, 11) is -0.508. The summed E-state index contributed by atoms with van der Waals surface area (Å²) in [5, 5.41) is 0.248. The molecule has 0 N–H and O–H groups in total. The van der Waals surface area contributed by atoms with Crippen molar-refractivity contribution in [1.29, 1.82) is 0 Å². The number of rotatable bonds is 4. The van der Waals surface area contributed by atoms with Crippen LogP contribution in [0.25, 0.3) is 0 Å². The summed E-state index contributed by atoms with van der Waals surface area (Å²) >= 11 is 6.18. The van der Waals surface area contributed by atoms with E-state index >= 15 is 0 Å². The highest BCUT2D eigenvalue weighted by Crippen LogP contribution is 2.35. The predicted octanol–water partition coefficient (Wildman–Crippen LogP) is 3.41. The third-order valence-corrected chi connectivity index (χ3v) is 6.72. The van der Waals surface area contributed by atoms with Crippen LogP contribution < -0.4 is 9.47 Å². The fraction of sp³-hybridized carbons (Fsp3) is 0.333. The Hall–Kier alpha value is -1.76. The number of aryl methyl sites for hydroxylation is 1. The predicted molar refractivity (Wildman–Crippen MR) is 97.0 cm³/mol. The summed E-state index contributed by atoms with van der Waals surface area (Å²) in [4.78, 5) is 0.142. The molecule has 3 rings (SSSR count). The molecule has 134 valence electrons. The molecule has 0 bridgehead atoms. The average molecular weight is 382 g/mol. The van der Waals surface area contributed by atoms with E-state index in [-0.39, 0.29) is 16.5 Å². The number of hydrogen-bond donors (Lipinski definition) is 0. The Morgan fingerprint density at radius 3 is 2.28 bits per heavy atom. The van der Waals surface area contributed by atoms with Crippen LogP contribution >= 0.6 is 11.6 Å². The molecule has 1 aliphatic heterocycles. The fourth-order valence-electron chi connectivity index (χ4n) is 3.02. The van der Waals surface area contributed by atoms with E-state index in [1.165, 1.54) is 4.31 Å². The number of fused-ring (bicyclic) bond motifs is 1. The number of methoxy groups -OCH3 is 2. The largest absolute Gasteiger partial charge is 0.493 e. The summed E-state index contributed by atoms with van der Waals surface area (Å²) in [6.07, 6.45) is 0.610. The van der Waals surface area contributed by atoms with Crippen molar-refractivity contribution in [1.82, 2.24) is 4.31 Å². The third-order valence-electron chi connectivity index (χ3n) is 4.39. The molecular formula is C18H20ClNO4S. The number of benzene rings is 2. The number of halogens is 1. The lowest BCUT2D eigenvalue weighted by Crippen LogP contribution is -2.36. The second kappa shape index (κ2) is 6.86. The number of ether oxygens (including phenoxy) is 2. The monoisotopic (exact) mass is 381 g/mol. The van der Waals surface area contributed by atoms with Gasteiger partial charge in [0.25, 0.3) is 0 Å². The minimum absolute atomic E-state index is 0.142. The molecule has 0 amide bonds. The molecule has 2 aromatic carbocycles. The summed E-state index contributed by atoms with van der Waals surface area (Å²) in [6, 6.07) is 8.74. The molecule has 5 nitrogen and oxygen atoms in total. The summed E-state index contributed by atoms with van der Waals surface area (Å²) in [5.41, 5.74) is 2.90. The van der Waals surface area contributed by atoms with Gasteiger partial charge in [-0.25, -0.2) is 8.42 Å². The highest BCUT2D eigenvalue weighted by atomic mass is 35.5. The maximum atomic E-state index is 13.0. The average Bonchev–Trinajstić information content (AvgIpc) is 2.59. The van der Waals surface area contributed by atoms with Crippen LogP contribution in [0.2, 0.25) is 5.02 Å². The smallest absolute Gasteiger partial charge is 0.244 e. The zero-order valence-corrected chi connectivity index (χ0v) is 15.9. The van der Waals surface area contributed by atoms with Crippen molar-refractivity contribution in [3.05, 3.63) is 52.0 Å². The SMILES string of the molecule is COc1cc2c(cc1OC)CN(S(=O)(=O)c1ccc(C)cc1Cl)CC2. The van der Waals surface area contributed by atoms with E-state index in [1.54, 1.807) is 32.4 Å². The van der Waals surface area contributed by atoms with Crippen LogP contribution in [0.5, 0.6) is 11.5 Å². The van der Waals surface area contributed by atoms with Crippen molar-refractivity contribution in [2.45, 2.75) is 24.8 Å². The van der Waals surface area contributed by atoms with Crippen molar-refractivity contribution >= 4 is 21.6 Å². The fourth-order valence-corrected chi connectivity index (χ4v) is 5.01. The Morgan fingerprint density at radius 2 is 1.68 bits per heavy atom. The molecule has 0 radical (unpaired) electrons. The van der Waals surface area contributed by atoms with Gasteiger partial charge >= 0.3 is 0 Å². The van der Waals surface area contributed by atoms with Crippen LogP contribution in [0.4, 0.5) is 0 Å². The summed E-state index contributed by atoms with van der Waals surface area (Å²) in [6.45, 7) is 2.55. The van der Waals surface area contributed by atoms with Crippen LogP contribution in [0.3, 0.4) is 0 Å². The first kappa shape index (κ1) is 18.0. The van der Waals surface area contributed by atoms with E-state index < -0.39 is 10.0 Å². The minimum Gasteiger partial charge on any atom is -0.493 e. The van der Waals surface area contributed by atoms with Crippen molar-refractivity contribution in [2.24, 2.45) is 0 Å². The summed E-state index contributed by atoms with van der Waals surface area (Å²) in [5.74, 6) is 1.24. The molecule has 0 atom stereocenters. The van der Waals surface area contributed by atoms with E-state index in [0.29, 0.717) is 24.5 Å². The molecule has 0 saturated carbocycles. The minimum atomic E-state index is -3.66. The molecule has 0 aromatic heterocycles. The molecule has 25 heavy (non-hydrogen) atoms. The van der Waals surface area contributed by atoms with Crippen molar-refractivity contribution in [2.75, 3.05) is 20.8 Å². The maximum absolute atomic E-state index is 13.0. The lowest BCUT2D eigenvalue weighted by Gasteiger charge is -2.29. The van der Waals surface area contributed by atoms with Gasteiger partial charge in [0, 0.05) is 13.1 Å². The molecule has 0 saturated heterocycles. The van der Waals surface area contributed by atoms with Crippen molar-refractivity contribution in [3.63, 3.8) is 0 Å². The Balaban J connectivity index is 1.96. The molecular weight excluding hydrogens is 362 g/mol. The van der Waals surface area contributed by atoms with Gasteiger partial charge in [0.15, 0.2) is 11.5 Å². The van der Waals surface area contributed by atoms with Crippen LogP contribution in [0.15, 0.2) is 35.2 Å². The molecule has 0 spiro atoms. The Morgan fingerprint density at radius 1 is 1.04 bits per heavy atom. The molecule has 0 fully saturated rings. The normalized spacial score (nSPS) is 14.9. The van der Waals surface area contributed by atoms with E-state index in [9.17, 15) is 8.42 Å². The van der Waals surface area contributed by atoms with Gasteiger partial charge in [-0.3, -0.25) is 0 Å². The quantitative estimate of drug-likeness (QED) is 0.814. The molecule has 1 heterocycles. The number of hydrogen-bond acceptors (Lipinski definition) is 4. The van der Waals surface area contributed by atoms with Gasteiger partial charge in [-0.05, 0) is 54.3 Å². The van der Waals surface area contributed by atoms with Gasteiger partial charge in [0.05, 0.1) is 19.2 Å². The Bertz CT molecular complexity index is 912. The van der Waals surface area contributed by atoms with E-state index in [1.807, 2.05) is 19.1 Å². The van der Waals surface area contributed by atoms with Gasteiger partial charge < -0.3 is 9.47 Å². The van der Waals surface area contributed by atoms with Crippen molar-refractivity contribution < 1.29 is 17.9 Å². The second-order valence-electron chi connectivity index (χ2n) is 6.00. The van der Waals surface area contributed by atoms with Crippen molar-refractivity contribution in [3.8, 4) is 11.5 Å². The first-order chi connectivity index (χ1) is 11.9. The van der Waals surface area contributed by atoms with Crippen LogP contribution in [0.1, 0.15) is 16.7 Å². The highest BCUT2D eigenvalue weighted by molar-refractivity contribution is 7.89. The van der Waals surface area contributed by atoms with Crippen LogP contribution in [-0.4, -0.2) is 33.5 Å². The zero-order valence-electron chi connectivity index (χ0n) is 14.4. The third kappa shape index (κ3) is 3.34. The molecule has 1 aliphatic rings. The van der Waals surface area contributed by atoms with Gasteiger partial charge in [-0.1, -0.05) is 17.7 Å². The zero-order chi connectivity index (χ0) is 18.2. The topological polar surface area (TPSA) is 55.8 Å². The van der Waals surface area contributed by atoms with E-state index in [2.05, 4.69) is 0 Å². The van der Waals surface area contributed by atoms with Gasteiger partial charge in [0.1, 0.15) is 4.90 Å². The standard InChI is InChI=1S/C18H20ClNO4S/c1-12-4-5-18(15(19)8-12)25(21,22)20-7-6-13-9-16(23-2)17(24-3)10-14(13)11-20/h4-5,8-10H,6-7,11H2,1-3H3. The lowest BCUT2D eigenvalue weighted by atomic mass is 10.0. The molecule has 0 unspecified atom stereocenters. The molecule has 2 aromatic rings. The maximum Gasteiger partial charge on any atom is 0.244 e. The first-order valence-electron chi connectivity index (χ1n) is 7.87. The van der Waals surface area contributed by atoms with Crippen LogP contribution in [0, 0.1) is 6.92 Å². The number of sulfonamides is 1. The molecule has 0 aliphatic carbocycles. The van der Waals surface area contributed by atoms with Gasteiger partial charge in [-0.2, -0.15) is 4.31 Å². The van der Waals surface area contributed by atoms with Gasteiger partial charge in [-0.15, -0.1) is 0 Å². The molecule has 7 heteroatoms. The second-order valence-corrected chi connectivity index (χ2v) is 8.31. The first-order valence-corrected chi connectivity index (χ1v) is 9.68. The number of nitrogens with zero attached hydrogens (tertiary/aromatic N) is 1. The highest BCUT2D eigenvalue weighted by Gasteiger charge is 2.30. The van der Waals surface area contributed by atoms with E-state index in [4.69, 9.17) is 21.1 Å². The van der Waals surface area contributed by atoms with Gasteiger partial charge in [0.2, 0.25) is 10.0 Å². The van der Waals surface area contributed by atoms with Crippen LogP contribution in [-0.2, 0) is 23.0 Å². The Kier molecular flexibility index (Phi) is 4.95.